The van der Waals surface area contributed by atoms with Gasteiger partial charge in [0.2, 0.25) is 0 Å². The van der Waals surface area contributed by atoms with Crippen LogP contribution in [0.5, 0.6) is 17.5 Å². The van der Waals surface area contributed by atoms with E-state index in [0.29, 0.717) is 17.1 Å². The van der Waals surface area contributed by atoms with Gasteiger partial charge in [-0.25, -0.2) is 4.39 Å². The molecular weight excluding hydrogens is 399 g/mol. The molecule has 0 aliphatic rings. The molecule has 154 valence electrons. The summed E-state index contributed by atoms with van der Waals surface area (Å²) in [6, 6.07) is 20.1. The number of carbonyl (C=O) groups is 1. The lowest BCUT2D eigenvalue weighted by Gasteiger charge is -2.10. The van der Waals surface area contributed by atoms with Crippen LogP contribution in [0, 0.1) is 5.82 Å². The number of carbonyl (C=O) groups excluding carboxylic acids is 1. The number of nitrogens with zero attached hydrogens (tertiary/aromatic N) is 4. The standard InChI is InChI=1S/C23H17FN4O3/c1-30-22-15-16(7-13-20(29)17-9-11-18(24)12-10-17)8-14-21(22)31-23-25-26-27-28(23)19-5-3-2-4-6-19/h2-15H,1H3/b13-7+. The van der Waals surface area contributed by atoms with Crippen molar-refractivity contribution < 1.29 is 18.7 Å². The number of methoxy groups -OCH3 is 1. The Bertz CT molecular complexity index is 1220. The van der Waals surface area contributed by atoms with Crippen molar-refractivity contribution in [3.8, 4) is 23.2 Å². The molecule has 8 heteroatoms. The van der Waals surface area contributed by atoms with E-state index in [0.717, 1.165) is 11.3 Å². The molecule has 3 aromatic carbocycles. The molecule has 0 fully saturated rings. The molecule has 0 saturated heterocycles. The lowest BCUT2D eigenvalue weighted by molar-refractivity contribution is 0.104. The number of benzene rings is 3. The normalized spacial score (nSPS) is 10.9. The fourth-order valence-electron chi connectivity index (χ4n) is 2.83. The van der Waals surface area contributed by atoms with Gasteiger partial charge in [0.1, 0.15) is 5.82 Å². The summed E-state index contributed by atoms with van der Waals surface area (Å²) in [6.07, 6.45) is 3.06. The van der Waals surface area contributed by atoms with Gasteiger partial charge in [-0.15, -0.1) is 0 Å². The third kappa shape index (κ3) is 4.64. The Morgan fingerprint density at radius 2 is 1.77 bits per heavy atom. The minimum atomic E-state index is -0.390. The first-order chi connectivity index (χ1) is 15.1. The van der Waals surface area contributed by atoms with Crippen molar-refractivity contribution >= 4 is 11.9 Å². The van der Waals surface area contributed by atoms with Crippen LogP contribution in [0.15, 0.2) is 78.9 Å². The zero-order valence-corrected chi connectivity index (χ0v) is 16.5. The summed E-state index contributed by atoms with van der Waals surface area (Å²) < 4.78 is 25.8. The molecule has 0 aliphatic heterocycles. The summed E-state index contributed by atoms with van der Waals surface area (Å²) in [4.78, 5) is 12.2. The van der Waals surface area contributed by atoms with E-state index >= 15 is 0 Å². The minimum absolute atomic E-state index is 0.180. The summed E-state index contributed by atoms with van der Waals surface area (Å²) in [5.74, 6) is 0.232. The zero-order chi connectivity index (χ0) is 21.6. The van der Waals surface area contributed by atoms with Crippen molar-refractivity contribution in [2.75, 3.05) is 7.11 Å². The molecule has 0 bridgehead atoms. The Labute approximate surface area is 177 Å². The highest BCUT2D eigenvalue weighted by molar-refractivity contribution is 6.06. The fraction of sp³-hybridized carbons (Fsp3) is 0.0435. The van der Waals surface area contributed by atoms with E-state index in [1.807, 2.05) is 30.3 Å². The highest BCUT2D eigenvalue weighted by Gasteiger charge is 2.14. The first-order valence-corrected chi connectivity index (χ1v) is 9.32. The number of rotatable bonds is 7. The molecule has 0 saturated carbocycles. The molecule has 4 rings (SSSR count). The molecule has 0 aliphatic carbocycles. The van der Waals surface area contributed by atoms with E-state index in [9.17, 15) is 9.18 Å². The number of aromatic nitrogens is 4. The molecule has 0 atom stereocenters. The Morgan fingerprint density at radius 3 is 2.52 bits per heavy atom. The van der Waals surface area contributed by atoms with Gasteiger partial charge in [0.15, 0.2) is 17.3 Å². The largest absolute Gasteiger partial charge is 0.493 e. The van der Waals surface area contributed by atoms with Crippen LogP contribution in [-0.2, 0) is 0 Å². The van der Waals surface area contributed by atoms with E-state index in [1.165, 1.54) is 42.1 Å². The second-order valence-corrected chi connectivity index (χ2v) is 6.43. The number of ketones is 1. The van der Waals surface area contributed by atoms with Crippen LogP contribution in [0.2, 0.25) is 0 Å². The third-order valence-corrected chi connectivity index (χ3v) is 4.39. The summed E-state index contributed by atoms with van der Waals surface area (Å²) in [5, 5.41) is 11.6. The smallest absolute Gasteiger partial charge is 0.346 e. The number of hydrogen-bond donors (Lipinski definition) is 0. The maximum Gasteiger partial charge on any atom is 0.346 e. The lowest BCUT2D eigenvalue weighted by atomic mass is 10.1. The second kappa shape index (κ2) is 9.00. The van der Waals surface area contributed by atoms with E-state index in [-0.39, 0.29) is 17.6 Å². The van der Waals surface area contributed by atoms with Crippen LogP contribution in [0.25, 0.3) is 11.8 Å². The van der Waals surface area contributed by atoms with Crippen LogP contribution in [-0.4, -0.2) is 33.1 Å². The minimum Gasteiger partial charge on any atom is -0.493 e. The highest BCUT2D eigenvalue weighted by Crippen LogP contribution is 2.32. The number of para-hydroxylation sites is 1. The van der Waals surface area contributed by atoms with Gasteiger partial charge in [-0.2, -0.15) is 4.68 Å². The van der Waals surface area contributed by atoms with Crippen LogP contribution in [0.4, 0.5) is 4.39 Å². The van der Waals surface area contributed by atoms with Crippen molar-refractivity contribution in [2.45, 2.75) is 0 Å². The molecule has 1 heterocycles. The molecule has 4 aromatic rings. The fourth-order valence-corrected chi connectivity index (χ4v) is 2.83. The SMILES string of the molecule is COc1cc(/C=C/C(=O)c2ccc(F)cc2)ccc1Oc1nnnn1-c1ccccc1. The number of allylic oxidation sites excluding steroid dienone is 1. The number of hydrogen-bond acceptors (Lipinski definition) is 6. The van der Waals surface area contributed by atoms with Crippen molar-refractivity contribution in [3.63, 3.8) is 0 Å². The average molecular weight is 416 g/mol. The maximum absolute atomic E-state index is 13.0. The van der Waals surface area contributed by atoms with Crippen LogP contribution < -0.4 is 9.47 Å². The van der Waals surface area contributed by atoms with Crippen molar-refractivity contribution in [1.82, 2.24) is 20.2 Å². The number of ether oxygens (including phenoxy) is 2. The van der Waals surface area contributed by atoms with Gasteiger partial charge < -0.3 is 9.47 Å². The Morgan fingerprint density at radius 1 is 1.00 bits per heavy atom. The lowest BCUT2D eigenvalue weighted by Crippen LogP contribution is -2.01. The van der Waals surface area contributed by atoms with Gasteiger partial charge in [-0.1, -0.05) is 35.4 Å². The Hall–Kier alpha value is -4.33. The Kier molecular flexibility index (Phi) is 5.79. The first kappa shape index (κ1) is 20.0. The molecule has 0 amide bonds. The monoisotopic (exact) mass is 416 g/mol. The van der Waals surface area contributed by atoms with Crippen LogP contribution in [0.3, 0.4) is 0 Å². The second-order valence-electron chi connectivity index (χ2n) is 6.43. The molecule has 0 unspecified atom stereocenters. The molecule has 31 heavy (non-hydrogen) atoms. The number of tetrazole rings is 1. The van der Waals surface area contributed by atoms with E-state index in [1.54, 1.807) is 24.3 Å². The molecule has 1 aromatic heterocycles. The quantitative estimate of drug-likeness (QED) is 0.326. The summed E-state index contributed by atoms with van der Waals surface area (Å²) in [6.45, 7) is 0. The van der Waals surface area contributed by atoms with Crippen molar-refractivity contribution in [1.29, 1.82) is 0 Å². The van der Waals surface area contributed by atoms with Gasteiger partial charge in [0.05, 0.1) is 12.8 Å². The maximum atomic E-state index is 13.0. The summed E-state index contributed by atoms with van der Waals surface area (Å²) >= 11 is 0. The number of halogens is 1. The molecule has 0 radical (unpaired) electrons. The van der Waals surface area contributed by atoms with Gasteiger partial charge in [0, 0.05) is 5.56 Å². The van der Waals surface area contributed by atoms with Gasteiger partial charge >= 0.3 is 6.01 Å². The first-order valence-electron chi connectivity index (χ1n) is 9.32. The van der Waals surface area contributed by atoms with Crippen LogP contribution in [0.1, 0.15) is 15.9 Å². The Balaban J connectivity index is 1.53. The highest BCUT2D eigenvalue weighted by atomic mass is 19.1. The average Bonchev–Trinajstić information content (AvgIpc) is 3.27. The summed E-state index contributed by atoms with van der Waals surface area (Å²) in [7, 11) is 1.51. The van der Waals surface area contributed by atoms with Crippen LogP contribution >= 0.6 is 0 Å². The van der Waals surface area contributed by atoms with E-state index in [4.69, 9.17) is 9.47 Å². The predicted octanol–water partition coefficient (Wildman–Crippen LogP) is 4.50. The van der Waals surface area contributed by atoms with E-state index in [2.05, 4.69) is 15.5 Å². The van der Waals surface area contributed by atoms with Gasteiger partial charge in [-0.05, 0) is 70.6 Å². The van der Waals surface area contributed by atoms with Crippen molar-refractivity contribution in [2.24, 2.45) is 0 Å². The topological polar surface area (TPSA) is 79.1 Å². The third-order valence-electron chi connectivity index (χ3n) is 4.39. The van der Waals surface area contributed by atoms with Gasteiger partial charge in [-0.3, -0.25) is 4.79 Å². The van der Waals surface area contributed by atoms with E-state index < -0.39 is 0 Å². The molecule has 0 N–H and O–H groups in total. The molecule has 7 nitrogen and oxygen atoms in total. The summed E-state index contributed by atoms with van der Waals surface area (Å²) in [5.41, 5.74) is 1.87. The molecular formula is C23H17FN4O3. The zero-order valence-electron chi connectivity index (χ0n) is 16.5. The molecule has 0 spiro atoms. The van der Waals surface area contributed by atoms with Gasteiger partial charge in [0.25, 0.3) is 0 Å². The van der Waals surface area contributed by atoms with Crippen molar-refractivity contribution in [3.05, 3.63) is 95.8 Å². The predicted molar refractivity (Wildman–Crippen MR) is 112 cm³/mol.